The first-order valence-electron chi connectivity index (χ1n) is 5.71. The Morgan fingerprint density at radius 3 is 2.53 bits per heavy atom. The summed E-state index contributed by atoms with van der Waals surface area (Å²) < 4.78 is 5.03. The lowest BCUT2D eigenvalue weighted by atomic mass is 10.1. The van der Waals surface area contributed by atoms with Crippen molar-refractivity contribution in [3.05, 3.63) is 35.4 Å². The topological polar surface area (TPSA) is 58.6 Å². The maximum atomic E-state index is 10.3. The number of ether oxygens (including phenoxy) is 1. The summed E-state index contributed by atoms with van der Waals surface area (Å²) in [5, 5.41) is 11.7. The Morgan fingerprint density at radius 1 is 1.29 bits per heavy atom. The van der Waals surface area contributed by atoms with Crippen molar-refractivity contribution in [3.8, 4) is 0 Å². The number of hydrogen-bond donors (Lipinski definition) is 2. The molecule has 94 valence electrons. The zero-order chi connectivity index (χ0) is 12.5. The van der Waals surface area contributed by atoms with Gasteiger partial charge in [-0.2, -0.15) is 0 Å². The molecule has 1 aromatic rings. The highest BCUT2D eigenvalue weighted by Gasteiger charge is 1.97. The third-order valence-electron chi connectivity index (χ3n) is 2.41. The monoisotopic (exact) mass is 237 g/mol. The molecule has 2 N–H and O–H groups in total. The van der Waals surface area contributed by atoms with Crippen molar-refractivity contribution in [2.75, 3.05) is 13.7 Å². The maximum Gasteiger partial charge on any atom is 0.303 e. The van der Waals surface area contributed by atoms with Crippen LogP contribution in [0.2, 0.25) is 0 Å². The zero-order valence-electron chi connectivity index (χ0n) is 10.1. The van der Waals surface area contributed by atoms with Gasteiger partial charge in [0.05, 0.1) is 6.61 Å². The second-order valence-electron chi connectivity index (χ2n) is 3.92. The minimum atomic E-state index is -0.740. The molecule has 0 atom stereocenters. The fourth-order valence-electron chi connectivity index (χ4n) is 1.52. The quantitative estimate of drug-likeness (QED) is 0.677. The van der Waals surface area contributed by atoms with Crippen LogP contribution >= 0.6 is 0 Å². The van der Waals surface area contributed by atoms with Gasteiger partial charge in [0.1, 0.15) is 0 Å². The van der Waals surface area contributed by atoms with Gasteiger partial charge in [0.2, 0.25) is 0 Å². The van der Waals surface area contributed by atoms with E-state index in [0.717, 1.165) is 18.7 Å². The molecule has 0 fully saturated rings. The first-order chi connectivity index (χ1) is 8.22. The number of carboxylic acids is 1. The van der Waals surface area contributed by atoms with Crippen molar-refractivity contribution < 1.29 is 14.6 Å². The van der Waals surface area contributed by atoms with Gasteiger partial charge in [-0.15, -0.1) is 0 Å². The fraction of sp³-hybridized carbons (Fsp3) is 0.462. The van der Waals surface area contributed by atoms with Crippen LogP contribution in [-0.4, -0.2) is 24.7 Å². The molecular weight excluding hydrogens is 218 g/mol. The smallest absolute Gasteiger partial charge is 0.303 e. The van der Waals surface area contributed by atoms with Gasteiger partial charge in [-0.25, -0.2) is 0 Å². The Hall–Kier alpha value is -1.39. The lowest BCUT2D eigenvalue weighted by molar-refractivity contribution is -0.137. The van der Waals surface area contributed by atoms with Gasteiger partial charge in [-0.1, -0.05) is 24.3 Å². The van der Waals surface area contributed by atoms with E-state index in [2.05, 4.69) is 17.4 Å². The highest BCUT2D eigenvalue weighted by atomic mass is 16.5. The Labute approximate surface area is 102 Å². The van der Waals surface area contributed by atoms with Crippen LogP contribution in [0.15, 0.2) is 24.3 Å². The van der Waals surface area contributed by atoms with E-state index >= 15 is 0 Å². The predicted molar refractivity (Wildman–Crippen MR) is 65.7 cm³/mol. The number of methoxy groups -OCH3 is 1. The summed E-state index contributed by atoms with van der Waals surface area (Å²) in [4.78, 5) is 10.3. The van der Waals surface area contributed by atoms with Gasteiger partial charge in [0.15, 0.2) is 0 Å². The molecule has 4 heteroatoms. The van der Waals surface area contributed by atoms with E-state index in [-0.39, 0.29) is 6.42 Å². The molecule has 0 radical (unpaired) electrons. The molecule has 0 aliphatic rings. The molecule has 0 aliphatic carbocycles. The number of carboxylic acid groups (broad SMARTS) is 1. The minimum Gasteiger partial charge on any atom is -0.481 e. The van der Waals surface area contributed by atoms with E-state index in [1.54, 1.807) is 7.11 Å². The number of benzene rings is 1. The summed E-state index contributed by atoms with van der Waals surface area (Å²) in [6.45, 7) is 2.13. The molecule has 0 bridgehead atoms. The summed E-state index contributed by atoms with van der Waals surface area (Å²) in [5.41, 5.74) is 2.35. The van der Waals surface area contributed by atoms with E-state index < -0.39 is 5.97 Å². The average Bonchev–Trinajstić information content (AvgIpc) is 2.31. The molecule has 0 aliphatic heterocycles. The number of rotatable bonds is 8. The first-order valence-corrected chi connectivity index (χ1v) is 5.71. The lowest BCUT2D eigenvalue weighted by Gasteiger charge is -2.05. The number of nitrogens with one attached hydrogen (secondary N) is 1. The molecule has 1 aromatic carbocycles. The molecular formula is C13H19NO3. The highest BCUT2D eigenvalue weighted by molar-refractivity contribution is 5.66. The van der Waals surface area contributed by atoms with E-state index in [0.29, 0.717) is 13.0 Å². The molecule has 0 saturated heterocycles. The summed E-state index contributed by atoms with van der Waals surface area (Å²) in [7, 11) is 1.68. The van der Waals surface area contributed by atoms with Crippen molar-refractivity contribution in [2.24, 2.45) is 0 Å². The van der Waals surface area contributed by atoms with E-state index in [4.69, 9.17) is 9.84 Å². The van der Waals surface area contributed by atoms with Crippen LogP contribution in [0.3, 0.4) is 0 Å². The van der Waals surface area contributed by atoms with Crippen LogP contribution in [0.25, 0.3) is 0 Å². The molecule has 0 heterocycles. The minimum absolute atomic E-state index is 0.222. The molecule has 0 spiro atoms. The Bertz CT molecular complexity index is 335. The van der Waals surface area contributed by atoms with Crippen LogP contribution in [-0.2, 0) is 22.7 Å². The van der Waals surface area contributed by atoms with Crippen molar-refractivity contribution in [1.29, 1.82) is 0 Å². The van der Waals surface area contributed by atoms with Crippen molar-refractivity contribution in [1.82, 2.24) is 5.32 Å². The Balaban J connectivity index is 2.20. The SMILES string of the molecule is COCc1ccc(CNCCCC(=O)O)cc1. The van der Waals surface area contributed by atoms with Gasteiger partial charge in [0, 0.05) is 20.1 Å². The van der Waals surface area contributed by atoms with Gasteiger partial charge in [0.25, 0.3) is 0 Å². The molecule has 1 rings (SSSR count). The van der Waals surface area contributed by atoms with Gasteiger partial charge >= 0.3 is 5.97 Å². The molecule has 17 heavy (non-hydrogen) atoms. The summed E-state index contributed by atoms with van der Waals surface area (Å²) in [6.07, 6.45) is 0.886. The standard InChI is InChI=1S/C13H19NO3/c1-17-10-12-6-4-11(5-7-12)9-14-8-2-3-13(15)16/h4-7,14H,2-3,8-10H2,1H3,(H,15,16). The van der Waals surface area contributed by atoms with Gasteiger partial charge in [-0.05, 0) is 24.1 Å². The van der Waals surface area contributed by atoms with Crippen LogP contribution in [0, 0.1) is 0 Å². The van der Waals surface area contributed by atoms with Crippen LogP contribution in [0.1, 0.15) is 24.0 Å². The largest absolute Gasteiger partial charge is 0.481 e. The van der Waals surface area contributed by atoms with Crippen molar-refractivity contribution >= 4 is 5.97 Å². The molecule has 4 nitrogen and oxygen atoms in total. The van der Waals surface area contributed by atoms with Crippen LogP contribution < -0.4 is 5.32 Å². The van der Waals surface area contributed by atoms with Gasteiger partial charge in [-0.3, -0.25) is 4.79 Å². The maximum absolute atomic E-state index is 10.3. The number of aliphatic carboxylic acids is 1. The first kappa shape index (κ1) is 13.7. The summed E-state index contributed by atoms with van der Waals surface area (Å²) >= 11 is 0. The Morgan fingerprint density at radius 2 is 1.94 bits per heavy atom. The van der Waals surface area contributed by atoms with Crippen LogP contribution in [0.5, 0.6) is 0 Å². The lowest BCUT2D eigenvalue weighted by Crippen LogP contribution is -2.15. The molecule has 0 saturated carbocycles. The average molecular weight is 237 g/mol. The normalized spacial score (nSPS) is 10.4. The summed E-state index contributed by atoms with van der Waals surface area (Å²) in [6, 6.07) is 8.19. The summed E-state index contributed by atoms with van der Waals surface area (Å²) in [5.74, 6) is -0.740. The van der Waals surface area contributed by atoms with Crippen molar-refractivity contribution in [2.45, 2.75) is 26.0 Å². The van der Waals surface area contributed by atoms with E-state index in [1.807, 2.05) is 12.1 Å². The predicted octanol–water partition coefficient (Wildman–Crippen LogP) is 1.79. The van der Waals surface area contributed by atoms with E-state index in [1.165, 1.54) is 5.56 Å². The fourth-order valence-corrected chi connectivity index (χ4v) is 1.52. The van der Waals surface area contributed by atoms with Gasteiger partial charge < -0.3 is 15.2 Å². The third kappa shape index (κ3) is 6.04. The molecule has 0 unspecified atom stereocenters. The zero-order valence-corrected chi connectivity index (χ0v) is 10.1. The second-order valence-corrected chi connectivity index (χ2v) is 3.92. The van der Waals surface area contributed by atoms with E-state index in [9.17, 15) is 4.79 Å². The van der Waals surface area contributed by atoms with Crippen molar-refractivity contribution in [3.63, 3.8) is 0 Å². The number of hydrogen-bond acceptors (Lipinski definition) is 3. The molecule has 0 amide bonds. The second kappa shape index (κ2) is 7.81. The number of carbonyl (C=O) groups is 1. The Kier molecular flexibility index (Phi) is 6.29. The molecule has 0 aromatic heterocycles. The van der Waals surface area contributed by atoms with Crippen LogP contribution in [0.4, 0.5) is 0 Å². The highest BCUT2D eigenvalue weighted by Crippen LogP contribution is 2.05. The third-order valence-corrected chi connectivity index (χ3v) is 2.41.